The smallest absolute Gasteiger partial charge is 0.418 e. The summed E-state index contributed by atoms with van der Waals surface area (Å²) < 4.78 is 70.5. The number of rotatable bonds is 4. The number of methoxy groups -OCH3 is 1. The van der Waals surface area contributed by atoms with Crippen LogP contribution in [0.5, 0.6) is 11.6 Å². The molecule has 1 aliphatic rings. The first kappa shape index (κ1) is 27.5. The Morgan fingerprint density at radius 2 is 1.95 bits per heavy atom. The van der Waals surface area contributed by atoms with Crippen LogP contribution < -0.4 is 25.8 Å². The normalized spacial score (nSPS) is 16.0. The summed E-state index contributed by atoms with van der Waals surface area (Å²) in [6, 6.07) is 5.52. The van der Waals surface area contributed by atoms with Crippen molar-refractivity contribution in [1.29, 1.82) is 0 Å². The first-order chi connectivity index (χ1) is 18.8. The van der Waals surface area contributed by atoms with Crippen LogP contribution in [0.3, 0.4) is 0 Å². The second-order valence-electron chi connectivity index (χ2n) is 9.55. The first-order valence-electron chi connectivity index (χ1n) is 12.2. The van der Waals surface area contributed by atoms with Gasteiger partial charge < -0.3 is 25.8 Å². The number of ether oxygens (including phenoxy) is 2. The Morgan fingerprint density at radius 1 is 1.23 bits per heavy atom. The lowest BCUT2D eigenvalue weighted by molar-refractivity contribution is -0.137. The quantitative estimate of drug-likeness (QED) is 0.271. The second-order valence-corrected chi connectivity index (χ2v) is 9.92. The van der Waals surface area contributed by atoms with Crippen LogP contribution in [-0.4, -0.2) is 34.7 Å². The number of alkyl halides is 3. The second kappa shape index (κ2) is 9.84. The molecule has 0 bridgehead atoms. The predicted molar refractivity (Wildman–Crippen MR) is 145 cm³/mol. The van der Waals surface area contributed by atoms with Crippen LogP contribution in [0.2, 0.25) is 5.02 Å². The van der Waals surface area contributed by atoms with Gasteiger partial charge in [-0.3, -0.25) is 0 Å². The summed E-state index contributed by atoms with van der Waals surface area (Å²) in [4.78, 5) is 14.3. The Labute approximate surface area is 231 Å². The highest BCUT2D eigenvalue weighted by Gasteiger charge is 2.40. The third-order valence-electron chi connectivity index (χ3n) is 6.97. The molecule has 8 nitrogen and oxygen atoms in total. The molecule has 5 rings (SSSR count). The van der Waals surface area contributed by atoms with Crippen molar-refractivity contribution in [3.8, 4) is 22.9 Å². The summed E-state index contributed by atoms with van der Waals surface area (Å²) in [5.41, 5.74) is 10.0. The molecule has 0 saturated heterocycles. The lowest BCUT2D eigenvalue weighted by atomic mass is 9.97. The first-order valence-corrected chi connectivity index (χ1v) is 12.6. The van der Waals surface area contributed by atoms with Gasteiger partial charge in [-0.25, -0.2) is 19.3 Å². The van der Waals surface area contributed by atoms with E-state index < -0.39 is 28.8 Å². The number of nitrogen functional groups attached to an aromatic ring is 2. The fourth-order valence-electron chi connectivity index (χ4n) is 5.26. The van der Waals surface area contributed by atoms with E-state index in [0.29, 0.717) is 17.1 Å². The van der Waals surface area contributed by atoms with E-state index in [9.17, 15) is 13.2 Å². The van der Waals surface area contributed by atoms with E-state index in [4.69, 9.17) is 32.5 Å². The Morgan fingerprint density at radius 3 is 2.60 bits per heavy atom. The highest BCUT2D eigenvalue weighted by molar-refractivity contribution is 6.36. The van der Waals surface area contributed by atoms with Gasteiger partial charge in [-0.05, 0) is 38.5 Å². The standard InChI is InChI=1S/C27H25ClF4N6O2/c1-11-8-16(33)36-23(20(11)27(30,31)32)19-21(28)25-18-15(9-17(39-4)37-24(18)22(19)29)38(12(2)10-40-25)13(3)14-6-5-7-35-26(14)34/h5-9,12-13H,10H2,1-4H3,(H2,33,36)(H2,34,35)/t12-,13?/m0/s1. The fourth-order valence-corrected chi connectivity index (χ4v) is 5.58. The molecule has 3 aromatic heterocycles. The molecule has 210 valence electrons. The van der Waals surface area contributed by atoms with Crippen molar-refractivity contribution in [2.75, 3.05) is 30.1 Å². The maximum atomic E-state index is 16.5. The average Bonchev–Trinajstić information content (AvgIpc) is 3.02. The highest BCUT2D eigenvalue weighted by Crippen LogP contribution is 2.52. The number of aromatic nitrogens is 3. The predicted octanol–water partition coefficient (Wildman–Crippen LogP) is 6.33. The van der Waals surface area contributed by atoms with Gasteiger partial charge in [0.2, 0.25) is 5.88 Å². The molecule has 1 aliphatic heterocycles. The molecule has 4 aromatic rings. The third-order valence-corrected chi connectivity index (χ3v) is 7.34. The molecule has 4 N–H and O–H groups in total. The highest BCUT2D eigenvalue weighted by atomic mass is 35.5. The lowest BCUT2D eigenvalue weighted by Crippen LogP contribution is -2.38. The van der Waals surface area contributed by atoms with Gasteiger partial charge in [0.05, 0.1) is 52.1 Å². The summed E-state index contributed by atoms with van der Waals surface area (Å²) in [5.74, 6) is -1.05. The molecule has 13 heteroatoms. The van der Waals surface area contributed by atoms with Gasteiger partial charge in [-0.2, -0.15) is 13.2 Å². The van der Waals surface area contributed by atoms with Crippen molar-refractivity contribution < 1.29 is 27.0 Å². The molecule has 1 unspecified atom stereocenters. The number of aryl methyl sites for hydroxylation is 1. The van der Waals surface area contributed by atoms with Gasteiger partial charge >= 0.3 is 6.18 Å². The summed E-state index contributed by atoms with van der Waals surface area (Å²) in [6.07, 6.45) is -3.31. The van der Waals surface area contributed by atoms with Crippen molar-refractivity contribution in [3.05, 3.63) is 58.0 Å². The van der Waals surface area contributed by atoms with Crippen LogP contribution in [-0.2, 0) is 6.18 Å². The zero-order valence-corrected chi connectivity index (χ0v) is 22.7. The van der Waals surface area contributed by atoms with E-state index in [1.807, 2.05) is 24.8 Å². The van der Waals surface area contributed by atoms with Crippen LogP contribution in [0.1, 0.15) is 36.6 Å². The fraction of sp³-hybridized carbons (Fsp3) is 0.296. The zero-order valence-electron chi connectivity index (χ0n) is 21.9. The topological polar surface area (TPSA) is 112 Å². The third kappa shape index (κ3) is 4.36. The van der Waals surface area contributed by atoms with Gasteiger partial charge in [-0.1, -0.05) is 17.7 Å². The Hall–Kier alpha value is -4.06. The largest absolute Gasteiger partial charge is 0.489 e. The van der Waals surface area contributed by atoms with E-state index in [0.717, 1.165) is 6.07 Å². The van der Waals surface area contributed by atoms with Crippen molar-refractivity contribution in [2.45, 2.75) is 39.0 Å². The Bertz CT molecular complexity index is 1650. The van der Waals surface area contributed by atoms with Crippen LogP contribution in [0.25, 0.3) is 22.2 Å². The number of nitrogens with two attached hydrogens (primary N) is 2. The molecule has 0 spiro atoms. The van der Waals surface area contributed by atoms with Crippen LogP contribution in [0.4, 0.5) is 34.9 Å². The summed E-state index contributed by atoms with van der Waals surface area (Å²) in [5, 5.41) is -0.219. The van der Waals surface area contributed by atoms with Crippen LogP contribution in [0, 0.1) is 12.7 Å². The van der Waals surface area contributed by atoms with Crippen LogP contribution >= 0.6 is 11.6 Å². The zero-order chi connectivity index (χ0) is 29.1. The van der Waals surface area contributed by atoms with E-state index in [1.165, 1.54) is 14.0 Å². The molecule has 1 aromatic carbocycles. The molecule has 0 fully saturated rings. The van der Waals surface area contributed by atoms with Crippen molar-refractivity contribution in [1.82, 2.24) is 15.0 Å². The molecule has 0 aliphatic carbocycles. The van der Waals surface area contributed by atoms with E-state index in [1.54, 1.807) is 18.3 Å². The lowest BCUT2D eigenvalue weighted by Gasteiger charge is -2.36. The van der Waals surface area contributed by atoms with E-state index in [-0.39, 0.29) is 57.6 Å². The minimum absolute atomic E-state index is 0.0267. The summed E-state index contributed by atoms with van der Waals surface area (Å²) in [6.45, 7) is 5.04. The SMILES string of the molecule is COc1cc2c3c(c(Cl)c(-c4nc(N)cc(C)c4C(F)(F)F)c(F)c3n1)OC[C@H](C)N2C(C)c1cccnc1N. The molecular weight excluding hydrogens is 552 g/mol. The van der Waals surface area contributed by atoms with Gasteiger partial charge in [-0.15, -0.1) is 0 Å². The van der Waals surface area contributed by atoms with E-state index >= 15 is 4.39 Å². The maximum Gasteiger partial charge on any atom is 0.418 e. The molecule has 40 heavy (non-hydrogen) atoms. The Balaban J connectivity index is 1.88. The molecule has 4 heterocycles. The monoisotopic (exact) mass is 576 g/mol. The van der Waals surface area contributed by atoms with Crippen molar-refractivity contribution in [3.63, 3.8) is 0 Å². The maximum absolute atomic E-state index is 16.5. The van der Waals surface area contributed by atoms with Gasteiger partial charge in [0.15, 0.2) is 5.82 Å². The van der Waals surface area contributed by atoms with Gasteiger partial charge in [0.25, 0.3) is 0 Å². The number of pyridine rings is 3. The summed E-state index contributed by atoms with van der Waals surface area (Å²) >= 11 is 6.70. The van der Waals surface area contributed by atoms with Crippen LogP contribution in [0.15, 0.2) is 30.5 Å². The molecule has 0 radical (unpaired) electrons. The number of hydrogen-bond donors (Lipinski definition) is 2. The molecule has 2 atom stereocenters. The summed E-state index contributed by atoms with van der Waals surface area (Å²) in [7, 11) is 1.35. The van der Waals surface area contributed by atoms with E-state index in [2.05, 4.69) is 15.0 Å². The molecule has 0 amide bonds. The number of halogens is 5. The van der Waals surface area contributed by atoms with Gasteiger partial charge in [0, 0.05) is 17.8 Å². The minimum atomic E-state index is -4.88. The Kier molecular flexibility index (Phi) is 6.77. The number of anilines is 3. The van der Waals surface area contributed by atoms with Gasteiger partial charge in [0.1, 0.15) is 29.5 Å². The minimum Gasteiger partial charge on any atom is -0.489 e. The van der Waals surface area contributed by atoms with Crippen molar-refractivity contribution >= 4 is 39.8 Å². The molecular formula is C27H25ClF4N6O2. The van der Waals surface area contributed by atoms with Crippen molar-refractivity contribution in [2.24, 2.45) is 0 Å². The average molecular weight is 577 g/mol. The number of benzene rings is 1. The molecule has 0 saturated carbocycles. The number of nitrogens with zero attached hydrogens (tertiary/aromatic N) is 4. The number of hydrogen-bond acceptors (Lipinski definition) is 8.